The van der Waals surface area contributed by atoms with Crippen LogP contribution in [0.1, 0.15) is 50.5 Å². The third-order valence-electron chi connectivity index (χ3n) is 4.02. The maximum Gasteiger partial charge on any atom is 0.515 e. The molecule has 0 bridgehead atoms. The molecule has 5 heteroatoms. The molecule has 0 saturated carbocycles. The molecular weight excluding hydrogens is 241 g/mol. The zero-order valence-corrected chi connectivity index (χ0v) is 12.4. The van der Waals surface area contributed by atoms with Crippen LogP contribution in [-0.4, -0.2) is 29.1 Å². The summed E-state index contributed by atoms with van der Waals surface area (Å²) in [7, 11) is -0.594. The van der Waals surface area contributed by atoms with Crippen LogP contribution in [0.4, 0.5) is 0 Å². The third-order valence-corrected chi connectivity index (χ3v) is 4.02. The lowest BCUT2D eigenvalue weighted by atomic mass is 9.78. The summed E-state index contributed by atoms with van der Waals surface area (Å²) in [6.07, 6.45) is 1.68. The van der Waals surface area contributed by atoms with Gasteiger partial charge in [-0.2, -0.15) is 0 Å². The highest BCUT2D eigenvalue weighted by Crippen LogP contribution is 2.36. The molecule has 1 fully saturated rings. The van der Waals surface area contributed by atoms with E-state index in [1.807, 2.05) is 40.7 Å². The highest BCUT2D eigenvalue weighted by molar-refractivity contribution is 6.62. The number of nitrogens with zero attached hydrogens (tertiary/aromatic N) is 1. The number of aryl methyl sites for hydroxylation is 1. The number of rotatable bonds is 2. The number of hydrogen-bond acceptors (Lipinski definition) is 4. The van der Waals surface area contributed by atoms with Gasteiger partial charge in [-0.05, 0) is 53.2 Å². The summed E-state index contributed by atoms with van der Waals surface area (Å²) < 4.78 is 11.9. The molecule has 0 N–H and O–H groups in total. The Kier molecular flexibility index (Phi) is 3.31. The first-order valence-corrected chi connectivity index (χ1v) is 6.48. The Balaban J connectivity index is 2.46. The predicted octanol–water partition coefficient (Wildman–Crippen LogP) is 1.89. The minimum atomic E-state index is -0.594. The molecule has 19 heavy (non-hydrogen) atoms. The molecule has 1 aromatic heterocycles. The van der Waals surface area contributed by atoms with Crippen molar-refractivity contribution in [2.75, 3.05) is 0 Å². The van der Waals surface area contributed by atoms with Gasteiger partial charge in [0.25, 0.3) is 0 Å². The molecule has 1 aliphatic rings. The first-order valence-electron chi connectivity index (χ1n) is 6.48. The summed E-state index contributed by atoms with van der Waals surface area (Å²) in [5.74, 6) is -0.0182. The fourth-order valence-electron chi connectivity index (χ4n) is 2.17. The Morgan fingerprint density at radius 3 is 2.21 bits per heavy atom. The minimum Gasteiger partial charge on any atom is -0.398 e. The molecule has 1 aliphatic heterocycles. The molecule has 0 aromatic carbocycles. The SMILES string of the molecule is CC(=O)c1c(C)ccnc1B1OC(C)(C)C(C)(C)O1. The molecule has 0 spiro atoms. The van der Waals surface area contributed by atoms with Crippen molar-refractivity contribution < 1.29 is 14.1 Å². The molecule has 2 heterocycles. The van der Waals surface area contributed by atoms with Crippen molar-refractivity contribution in [3.05, 3.63) is 23.4 Å². The minimum absolute atomic E-state index is 0.0182. The van der Waals surface area contributed by atoms with Gasteiger partial charge in [0, 0.05) is 11.8 Å². The highest BCUT2D eigenvalue weighted by atomic mass is 16.7. The van der Waals surface area contributed by atoms with Crippen LogP contribution >= 0.6 is 0 Å². The van der Waals surface area contributed by atoms with Crippen molar-refractivity contribution in [2.45, 2.75) is 52.7 Å². The molecule has 1 saturated heterocycles. The van der Waals surface area contributed by atoms with Gasteiger partial charge in [0.05, 0.1) is 16.8 Å². The smallest absolute Gasteiger partial charge is 0.398 e. The van der Waals surface area contributed by atoms with Gasteiger partial charge in [0.2, 0.25) is 0 Å². The highest BCUT2D eigenvalue weighted by Gasteiger charge is 2.53. The van der Waals surface area contributed by atoms with Crippen molar-refractivity contribution >= 4 is 18.5 Å². The van der Waals surface area contributed by atoms with E-state index in [0.717, 1.165) is 5.56 Å². The van der Waals surface area contributed by atoms with Gasteiger partial charge in [-0.3, -0.25) is 9.78 Å². The van der Waals surface area contributed by atoms with Crippen molar-refractivity contribution in [1.29, 1.82) is 0 Å². The average Bonchev–Trinajstić information content (AvgIpc) is 2.47. The number of Topliss-reactive ketones (excluding diaryl/α,β-unsaturated/α-hetero) is 1. The van der Waals surface area contributed by atoms with Crippen LogP contribution in [0.15, 0.2) is 12.3 Å². The first kappa shape index (κ1) is 14.2. The Bertz CT molecular complexity index is 509. The van der Waals surface area contributed by atoms with E-state index in [1.165, 1.54) is 0 Å². The zero-order valence-electron chi connectivity index (χ0n) is 12.4. The van der Waals surface area contributed by atoms with E-state index in [9.17, 15) is 4.79 Å². The second-order valence-electron chi connectivity index (χ2n) is 6.03. The second-order valence-corrected chi connectivity index (χ2v) is 6.03. The number of hydrogen-bond donors (Lipinski definition) is 0. The zero-order chi connectivity index (χ0) is 14.4. The lowest BCUT2D eigenvalue weighted by molar-refractivity contribution is 0.00578. The standard InChI is InChI=1S/C14H20BNO3/c1-9-7-8-16-12(11(9)10(2)17)15-18-13(3,4)14(5,6)19-15/h7-8H,1-6H3. The van der Waals surface area contributed by atoms with Crippen LogP contribution in [0.3, 0.4) is 0 Å². The monoisotopic (exact) mass is 261 g/mol. The van der Waals surface area contributed by atoms with Crippen molar-refractivity contribution in [3.63, 3.8) is 0 Å². The summed E-state index contributed by atoms with van der Waals surface area (Å²) >= 11 is 0. The van der Waals surface area contributed by atoms with Crippen LogP contribution in [0.5, 0.6) is 0 Å². The van der Waals surface area contributed by atoms with Crippen molar-refractivity contribution in [2.24, 2.45) is 0 Å². The Labute approximate surface area is 114 Å². The Hall–Kier alpha value is -1.20. The topological polar surface area (TPSA) is 48.4 Å². The number of ketones is 1. The number of carbonyl (C=O) groups is 1. The van der Waals surface area contributed by atoms with E-state index in [-0.39, 0.29) is 5.78 Å². The van der Waals surface area contributed by atoms with E-state index >= 15 is 0 Å². The molecule has 1 aromatic rings. The summed E-state index contributed by atoms with van der Waals surface area (Å²) in [6.45, 7) is 11.4. The van der Waals surface area contributed by atoms with E-state index in [2.05, 4.69) is 4.98 Å². The fourth-order valence-corrected chi connectivity index (χ4v) is 2.17. The molecule has 0 aliphatic carbocycles. The largest absolute Gasteiger partial charge is 0.515 e. The van der Waals surface area contributed by atoms with Gasteiger partial charge in [-0.1, -0.05) is 0 Å². The first-order chi connectivity index (χ1) is 8.66. The van der Waals surface area contributed by atoms with E-state index < -0.39 is 18.3 Å². The van der Waals surface area contributed by atoms with Crippen LogP contribution in [0, 0.1) is 6.92 Å². The van der Waals surface area contributed by atoms with Gasteiger partial charge in [-0.25, -0.2) is 0 Å². The quantitative estimate of drug-likeness (QED) is 0.602. The maximum absolute atomic E-state index is 11.8. The molecule has 2 rings (SSSR count). The van der Waals surface area contributed by atoms with Gasteiger partial charge >= 0.3 is 7.12 Å². The molecule has 0 amide bonds. The van der Waals surface area contributed by atoms with E-state index in [1.54, 1.807) is 13.1 Å². The molecule has 0 atom stereocenters. The van der Waals surface area contributed by atoms with Crippen LogP contribution in [0.2, 0.25) is 0 Å². The Morgan fingerprint density at radius 2 is 1.74 bits per heavy atom. The van der Waals surface area contributed by atoms with E-state index in [4.69, 9.17) is 9.31 Å². The molecular formula is C14H20BNO3. The van der Waals surface area contributed by atoms with Crippen LogP contribution in [0.25, 0.3) is 0 Å². The lowest BCUT2D eigenvalue weighted by Crippen LogP contribution is -2.41. The number of pyridine rings is 1. The third kappa shape index (κ3) is 2.32. The van der Waals surface area contributed by atoms with Crippen LogP contribution in [-0.2, 0) is 9.31 Å². The van der Waals surface area contributed by atoms with Gasteiger partial charge in [-0.15, -0.1) is 0 Å². The van der Waals surface area contributed by atoms with Gasteiger partial charge in [0.15, 0.2) is 5.78 Å². The summed E-state index contributed by atoms with van der Waals surface area (Å²) in [4.78, 5) is 16.1. The van der Waals surface area contributed by atoms with E-state index in [0.29, 0.717) is 11.2 Å². The van der Waals surface area contributed by atoms with Crippen molar-refractivity contribution in [1.82, 2.24) is 4.98 Å². The second kappa shape index (κ2) is 4.42. The average molecular weight is 261 g/mol. The van der Waals surface area contributed by atoms with Crippen LogP contribution < -0.4 is 5.59 Å². The molecule has 0 radical (unpaired) electrons. The number of aromatic nitrogens is 1. The fraction of sp³-hybridized carbons (Fsp3) is 0.571. The summed E-state index contributed by atoms with van der Waals surface area (Å²) in [5.41, 5.74) is 1.20. The number of carbonyl (C=O) groups excluding carboxylic acids is 1. The summed E-state index contributed by atoms with van der Waals surface area (Å²) in [5, 5.41) is 0. The normalized spacial score (nSPS) is 20.6. The molecule has 102 valence electrons. The maximum atomic E-state index is 11.8. The van der Waals surface area contributed by atoms with Gasteiger partial charge in [0.1, 0.15) is 0 Å². The summed E-state index contributed by atoms with van der Waals surface area (Å²) in [6, 6.07) is 1.82. The van der Waals surface area contributed by atoms with Crippen molar-refractivity contribution in [3.8, 4) is 0 Å². The van der Waals surface area contributed by atoms with Gasteiger partial charge < -0.3 is 9.31 Å². The Morgan fingerprint density at radius 1 is 1.21 bits per heavy atom. The lowest BCUT2D eigenvalue weighted by Gasteiger charge is -2.32. The predicted molar refractivity (Wildman–Crippen MR) is 74.7 cm³/mol. The molecule has 0 unspecified atom stereocenters. The molecule has 4 nitrogen and oxygen atoms in total.